The number of halogens is 2. The number of hydrogen-bond donors (Lipinski definition) is 3. The Balaban J connectivity index is 3.12. The van der Waals surface area contributed by atoms with E-state index in [9.17, 15) is 8.78 Å². The van der Waals surface area contributed by atoms with E-state index in [2.05, 4.69) is 0 Å². The molecular weight excluding hydrogens is 192 g/mol. The quantitative estimate of drug-likeness (QED) is 0.673. The van der Waals surface area contributed by atoms with Gasteiger partial charge in [0, 0.05) is 0 Å². The molecule has 0 aliphatic heterocycles. The fraction of sp³-hybridized carbons (Fsp3) is 0.333. The van der Waals surface area contributed by atoms with E-state index in [0.717, 1.165) is 12.1 Å². The predicted molar refractivity (Wildman–Crippen MR) is 46.6 cm³/mol. The minimum atomic E-state index is -1.31. The third kappa shape index (κ3) is 2.00. The summed E-state index contributed by atoms with van der Waals surface area (Å²) in [5, 5.41) is 18.1. The van der Waals surface area contributed by atoms with Crippen LogP contribution in [-0.2, 0) is 0 Å². The van der Waals surface area contributed by atoms with E-state index in [0.29, 0.717) is 0 Å². The lowest BCUT2D eigenvalue weighted by atomic mass is 10.0. The highest BCUT2D eigenvalue weighted by atomic mass is 19.2. The molecule has 1 aromatic carbocycles. The van der Waals surface area contributed by atoms with Gasteiger partial charge in [0.1, 0.15) is 0 Å². The van der Waals surface area contributed by atoms with Gasteiger partial charge in [0.15, 0.2) is 17.4 Å². The van der Waals surface area contributed by atoms with E-state index < -0.39 is 29.5 Å². The standard InChI is InChI=1S/C9H11F2NO2/c1-4(13)9(12)5-2-6(10)8(11)7(14)3-5/h2-4,9,13-14H,12H2,1H3/t4-,9+/m0/s1. The first-order valence-corrected chi connectivity index (χ1v) is 4.05. The molecule has 1 aromatic rings. The molecule has 0 amide bonds. The summed E-state index contributed by atoms with van der Waals surface area (Å²) in [6.07, 6.45) is -0.903. The number of rotatable bonds is 2. The average Bonchev–Trinajstić information content (AvgIpc) is 2.12. The summed E-state index contributed by atoms with van der Waals surface area (Å²) in [4.78, 5) is 0. The van der Waals surface area contributed by atoms with Crippen LogP contribution in [0.1, 0.15) is 18.5 Å². The molecule has 0 aromatic heterocycles. The molecule has 0 spiro atoms. The van der Waals surface area contributed by atoms with E-state index in [1.807, 2.05) is 0 Å². The predicted octanol–water partition coefficient (Wildman–Crippen LogP) is 1.05. The molecule has 5 heteroatoms. The van der Waals surface area contributed by atoms with Crippen LogP contribution < -0.4 is 5.73 Å². The summed E-state index contributed by atoms with van der Waals surface area (Å²) in [5.41, 5.74) is 5.62. The summed E-state index contributed by atoms with van der Waals surface area (Å²) in [6, 6.07) is 0.999. The molecule has 0 aliphatic carbocycles. The number of nitrogens with two attached hydrogens (primary N) is 1. The molecule has 0 bridgehead atoms. The van der Waals surface area contributed by atoms with Gasteiger partial charge in [-0.05, 0) is 24.6 Å². The number of benzene rings is 1. The van der Waals surface area contributed by atoms with Crippen LogP contribution in [0.25, 0.3) is 0 Å². The zero-order chi connectivity index (χ0) is 10.9. The topological polar surface area (TPSA) is 66.5 Å². The minimum absolute atomic E-state index is 0.149. The van der Waals surface area contributed by atoms with Gasteiger partial charge in [0.25, 0.3) is 0 Å². The van der Waals surface area contributed by atoms with Crippen molar-refractivity contribution in [2.24, 2.45) is 5.73 Å². The second-order valence-corrected chi connectivity index (χ2v) is 3.10. The third-order valence-electron chi connectivity index (χ3n) is 1.94. The zero-order valence-corrected chi connectivity index (χ0v) is 7.54. The van der Waals surface area contributed by atoms with Crippen LogP contribution in [0.5, 0.6) is 5.75 Å². The first kappa shape index (κ1) is 10.9. The smallest absolute Gasteiger partial charge is 0.200 e. The number of hydrogen-bond acceptors (Lipinski definition) is 3. The highest BCUT2D eigenvalue weighted by molar-refractivity contribution is 5.32. The fourth-order valence-corrected chi connectivity index (χ4v) is 1.07. The summed E-state index contributed by atoms with van der Waals surface area (Å²) in [7, 11) is 0. The monoisotopic (exact) mass is 203 g/mol. The molecule has 0 heterocycles. The van der Waals surface area contributed by atoms with E-state index in [-0.39, 0.29) is 5.56 Å². The maximum atomic E-state index is 12.8. The number of phenolic OH excluding ortho intramolecular Hbond substituents is 1. The van der Waals surface area contributed by atoms with Gasteiger partial charge in [-0.3, -0.25) is 0 Å². The second kappa shape index (κ2) is 3.89. The number of phenols is 1. The van der Waals surface area contributed by atoms with Gasteiger partial charge in [-0.25, -0.2) is 4.39 Å². The second-order valence-electron chi connectivity index (χ2n) is 3.10. The zero-order valence-electron chi connectivity index (χ0n) is 7.54. The van der Waals surface area contributed by atoms with Gasteiger partial charge < -0.3 is 15.9 Å². The molecule has 4 N–H and O–H groups in total. The summed E-state index contributed by atoms with van der Waals surface area (Å²) < 4.78 is 25.4. The molecule has 3 nitrogen and oxygen atoms in total. The van der Waals surface area contributed by atoms with Crippen molar-refractivity contribution in [3.63, 3.8) is 0 Å². The van der Waals surface area contributed by atoms with Gasteiger partial charge >= 0.3 is 0 Å². The molecule has 0 unspecified atom stereocenters. The van der Waals surface area contributed by atoms with Crippen molar-refractivity contribution in [3.05, 3.63) is 29.3 Å². The van der Waals surface area contributed by atoms with Crippen LogP contribution in [0, 0.1) is 11.6 Å². The normalized spacial score (nSPS) is 15.2. The lowest BCUT2D eigenvalue weighted by Gasteiger charge is -2.15. The minimum Gasteiger partial charge on any atom is -0.505 e. The maximum absolute atomic E-state index is 12.8. The SMILES string of the molecule is C[C@H](O)[C@@H](N)c1cc(O)c(F)c(F)c1. The molecule has 1 rings (SSSR count). The number of aromatic hydroxyl groups is 1. The van der Waals surface area contributed by atoms with Crippen LogP contribution in [-0.4, -0.2) is 16.3 Å². The van der Waals surface area contributed by atoms with E-state index >= 15 is 0 Å². The van der Waals surface area contributed by atoms with Crippen molar-refractivity contribution in [1.29, 1.82) is 0 Å². The van der Waals surface area contributed by atoms with Crippen molar-refractivity contribution >= 4 is 0 Å². The van der Waals surface area contributed by atoms with E-state index in [1.54, 1.807) is 0 Å². The van der Waals surface area contributed by atoms with E-state index in [1.165, 1.54) is 6.92 Å². The molecule has 0 saturated heterocycles. The third-order valence-corrected chi connectivity index (χ3v) is 1.94. The Kier molecular flexibility index (Phi) is 3.03. The largest absolute Gasteiger partial charge is 0.505 e. The maximum Gasteiger partial charge on any atom is 0.200 e. The number of aliphatic hydroxyl groups is 1. The first-order valence-electron chi connectivity index (χ1n) is 4.05. The van der Waals surface area contributed by atoms with Crippen molar-refractivity contribution in [1.82, 2.24) is 0 Å². The van der Waals surface area contributed by atoms with Crippen molar-refractivity contribution < 1.29 is 19.0 Å². The molecule has 0 fully saturated rings. The average molecular weight is 203 g/mol. The van der Waals surface area contributed by atoms with Crippen LogP contribution in [0.2, 0.25) is 0 Å². The van der Waals surface area contributed by atoms with E-state index in [4.69, 9.17) is 15.9 Å². The molecule has 0 radical (unpaired) electrons. The van der Waals surface area contributed by atoms with Gasteiger partial charge in [-0.15, -0.1) is 0 Å². The van der Waals surface area contributed by atoms with Crippen molar-refractivity contribution in [2.75, 3.05) is 0 Å². The van der Waals surface area contributed by atoms with Crippen molar-refractivity contribution in [2.45, 2.75) is 19.1 Å². The van der Waals surface area contributed by atoms with Crippen LogP contribution in [0.3, 0.4) is 0 Å². The number of aliphatic hydroxyl groups excluding tert-OH is 1. The molecule has 0 saturated carbocycles. The van der Waals surface area contributed by atoms with Crippen LogP contribution >= 0.6 is 0 Å². The lowest BCUT2D eigenvalue weighted by Crippen LogP contribution is -2.23. The van der Waals surface area contributed by atoms with Gasteiger partial charge in [0.2, 0.25) is 0 Å². The first-order chi connectivity index (χ1) is 6.43. The molecule has 0 aliphatic rings. The summed E-state index contributed by atoms with van der Waals surface area (Å²) in [5.74, 6) is -3.31. The summed E-state index contributed by atoms with van der Waals surface area (Å²) in [6.45, 7) is 1.42. The van der Waals surface area contributed by atoms with Gasteiger partial charge in [-0.2, -0.15) is 4.39 Å². The highest BCUT2D eigenvalue weighted by Gasteiger charge is 2.17. The fourth-order valence-electron chi connectivity index (χ4n) is 1.07. The molecule has 14 heavy (non-hydrogen) atoms. The molecule has 2 atom stereocenters. The van der Waals surface area contributed by atoms with Gasteiger partial charge in [0.05, 0.1) is 12.1 Å². The Bertz CT molecular complexity index is 319. The Morgan fingerprint density at radius 2 is 1.93 bits per heavy atom. The van der Waals surface area contributed by atoms with Crippen LogP contribution in [0.15, 0.2) is 12.1 Å². The van der Waals surface area contributed by atoms with Crippen molar-refractivity contribution in [3.8, 4) is 5.75 Å². The highest BCUT2D eigenvalue weighted by Crippen LogP contribution is 2.24. The molecule has 78 valence electrons. The molecular formula is C9H11F2NO2. The lowest BCUT2D eigenvalue weighted by molar-refractivity contribution is 0.164. The Morgan fingerprint density at radius 3 is 2.36 bits per heavy atom. The Hall–Kier alpha value is -1.20. The summed E-state index contributed by atoms with van der Waals surface area (Å²) >= 11 is 0. The Morgan fingerprint density at radius 1 is 1.36 bits per heavy atom. The van der Waals surface area contributed by atoms with Gasteiger partial charge in [-0.1, -0.05) is 0 Å². The van der Waals surface area contributed by atoms with Crippen LogP contribution in [0.4, 0.5) is 8.78 Å². The Labute approximate surface area is 79.8 Å².